The number of allylic oxidation sites excluding steroid dienone is 2. The van der Waals surface area contributed by atoms with Crippen LogP contribution in [0.15, 0.2) is 12.2 Å². The molecule has 0 aliphatic rings. The van der Waals surface area contributed by atoms with Crippen molar-refractivity contribution in [2.24, 2.45) is 0 Å². The van der Waals surface area contributed by atoms with E-state index in [0.717, 1.165) is 6.42 Å². The summed E-state index contributed by atoms with van der Waals surface area (Å²) >= 11 is 0. The van der Waals surface area contributed by atoms with Crippen LogP contribution < -0.4 is 0 Å². The van der Waals surface area contributed by atoms with Crippen LogP contribution in [-0.4, -0.2) is 0 Å². The van der Waals surface area contributed by atoms with Crippen molar-refractivity contribution in [1.82, 2.24) is 0 Å². The van der Waals surface area contributed by atoms with Gasteiger partial charge in [0.25, 0.3) is 0 Å². The Labute approximate surface area is 39.9 Å². The molecule has 0 aliphatic carbocycles. The number of hydrogen-bond acceptors (Lipinski definition) is 0. The molecule has 36 valence electrons. The molecular weight excluding hydrogens is 72.1 g/mol. The third-order valence-corrected chi connectivity index (χ3v) is 0.607. The van der Waals surface area contributed by atoms with Crippen LogP contribution in [0, 0.1) is 6.42 Å². The highest BCUT2D eigenvalue weighted by Gasteiger charge is 1.52. The van der Waals surface area contributed by atoms with Gasteiger partial charge < -0.3 is 6.42 Å². The third-order valence-electron chi connectivity index (χ3n) is 0.607. The van der Waals surface area contributed by atoms with Crippen LogP contribution in [-0.2, 0) is 0 Å². The molecule has 0 aromatic rings. The Hall–Kier alpha value is -0.260. The van der Waals surface area contributed by atoms with Gasteiger partial charge in [0.2, 0.25) is 0 Å². The van der Waals surface area contributed by atoms with Crippen molar-refractivity contribution in [1.29, 1.82) is 0 Å². The quantitative estimate of drug-likeness (QED) is 0.354. The summed E-state index contributed by atoms with van der Waals surface area (Å²) in [5, 5.41) is 0. The van der Waals surface area contributed by atoms with Crippen molar-refractivity contribution in [3.63, 3.8) is 0 Å². The van der Waals surface area contributed by atoms with Gasteiger partial charge in [-0.05, 0) is 6.92 Å². The Morgan fingerprint density at radius 3 is 2.50 bits per heavy atom. The Bertz CT molecular complexity index is 35.3. The van der Waals surface area contributed by atoms with Crippen molar-refractivity contribution in [2.45, 2.75) is 20.3 Å². The Balaban J connectivity index is 2.66. The average Bonchev–Trinajstić information content (AvgIpc) is 1.61. The molecule has 0 unspecified atom stereocenters. The Morgan fingerprint density at radius 1 is 1.67 bits per heavy atom. The zero-order valence-electron chi connectivity index (χ0n) is 4.44. The standard InChI is InChI=1S/C6H11/c1-3-5-6-4-2/h3-5H,6H2,1-2H3/q-1/b5-3-. The van der Waals surface area contributed by atoms with Crippen LogP contribution in [0.25, 0.3) is 0 Å². The lowest BCUT2D eigenvalue weighted by Crippen LogP contribution is -1.57. The van der Waals surface area contributed by atoms with E-state index in [0.29, 0.717) is 0 Å². The lowest BCUT2D eigenvalue weighted by Gasteiger charge is -1.90. The van der Waals surface area contributed by atoms with Gasteiger partial charge in [-0.25, -0.2) is 0 Å². The first-order valence-electron chi connectivity index (χ1n) is 2.30. The van der Waals surface area contributed by atoms with Crippen LogP contribution in [0.1, 0.15) is 20.3 Å². The fraction of sp³-hybridized carbons (Fsp3) is 0.500. The first kappa shape index (κ1) is 5.74. The van der Waals surface area contributed by atoms with Crippen molar-refractivity contribution >= 4 is 0 Å². The zero-order chi connectivity index (χ0) is 4.83. The first-order chi connectivity index (χ1) is 2.91. The molecule has 0 aromatic heterocycles. The Morgan fingerprint density at radius 2 is 2.33 bits per heavy atom. The lowest BCUT2D eigenvalue weighted by atomic mass is 10.3. The highest BCUT2D eigenvalue weighted by Crippen LogP contribution is 1.83. The Kier molecular flexibility index (Phi) is 4.53. The fourth-order valence-corrected chi connectivity index (χ4v) is 0.272. The van der Waals surface area contributed by atoms with E-state index in [-0.39, 0.29) is 0 Å². The maximum absolute atomic E-state index is 2.12. The second-order valence-electron chi connectivity index (χ2n) is 1.21. The molecule has 6 heavy (non-hydrogen) atoms. The van der Waals surface area contributed by atoms with Crippen molar-refractivity contribution in [2.75, 3.05) is 0 Å². The molecule has 0 bridgehead atoms. The summed E-state index contributed by atoms with van der Waals surface area (Å²) in [4.78, 5) is 0. The molecule has 0 saturated heterocycles. The van der Waals surface area contributed by atoms with E-state index in [2.05, 4.69) is 25.5 Å². The van der Waals surface area contributed by atoms with Gasteiger partial charge in [0, 0.05) is 0 Å². The molecule has 0 nitrogen and oxygen atoms in total. The topological polar surface area (TPSA) is 0 Å². The maximum atomic E-state index is 2.12. The van der Waals surface area contributed by atoms with E-state index >= 15 is 0 Å². The van der Waals surface area contributed by atoms with Crippen LogP contribution in [0.5, 0.6) is 0 Å². The van der Waals surface area contributed by atoms with Crippen molar-refractivity contribution in [3.8, 4) is 0 Å². The molecule has 0 heteroatoms. The summed E-state index contributed by atoms with van der Waals surface area (Å²) in [7, 11) is 0. The summed E-state index contributed by atoms with van der Waals surface area (Å²) in [6.45, 7) is 4.09. The summed E-state index contributed by atoms with van der Waals surface area (Å²) in [5.74, 6) is 0. The minimum Gasteiger partial charge on any atom is -0.328 e. The maximum Gasteiger partial charge on any atom is -0.0471 e. The summed E-state index contributed by atoms with van der Waals surface area (Å²) in [6, 6.07) is 0. The van der Waals surface area contributed by atoms with Gasteiger partial charge in [-0.15, -0.1) is 6.08 Å². The normalized spacial score (nSPS) is 10.3. The first-order valence-corrected chi connectivity index (χ1v) is 2.30. The monoisotopic (exact) mass is 83.1 g/mol. The van der Waals surface area contributed by atoms with Crippen LogP contribution >= 0.6 is 0 Å². The number of unbranched alkanes of at least 4 members (excludes halogenated alkanes) is 1. The molecule has 0 aliphatic heterocycles. The summed E-state index contributed by atoms with van der Waals surface area (Å²) in [5.41, 5.74) is 0. The third kappa shape index (κ3) is 3.74. The van der Waals surface area contributed by atoms with Gasteiger partial charge >= 0.3 is 0 Å². The second kappa shape index (κ2) is 4.74. The minimum absolute atomic E-state index is 1.11. The average molecular weight is 83.2 g/mol. The number of rotatable bonds is 2. The number of hydrogen-bond donors (Lipinski definition) is 0. The highest BCUT2D eigenvalue weighted by molar-refractivity contribution is 4.81. The predicted molar refractivity (Wildman–Crippen MR) is 29.4 cm³/mol. The highest BCUT2D eigenvalue weighted by atomic mass is 13.7. The fourth-order valence-electron chi connectivity index (χ4n) is 0.272. The van der Waals surface area contributed by atoms with Gasteiger partial charge in [0.05, 0.1) is 0 Å². The van der Waals surface area contributed by atoms with Crippen molar-refractivity contribution < 1.29 is 0 Å². The van der Waals surface area contributed by atoms with Gasteiger partial charge in [-0.2, -0.15) is 13.3 Å². The van der Waals surface area contributed by atoms with E-state index in [4.69, 9.17) is 0 Å². The molecule has 0 saturated carbocycles. The molecular formula is C6H11-. The van der Waals surface area contributed by atoms with E-state index in [1.54, 1.807) is 0 Å². The van der Waals surface area contributed by atoms with Crippen LogP contribution in [0.4, 0.5) is 0 Å². The summed E-state index contributed by atoms with van der Waals surface area (Å²) < 4.78 is 0. The molecule has 0 amide bonds. The van der Waals surface area contributed by atoms with E-state index in [9.17, 15) is 0 Å². The van der Waals surface area contributed by atoms with Crippen LogP contribution in [0.3, 0.4) is 0 Å². The van der Waals surface area contributed by atoms with E-state index in [1.165, 1.54) is 0 Å². The summed E-state index contributed by atoms with van der Waals surface area (Å²) in [6.07, 6.45) is 7.41. The van der Waals surface area contributed by atoms with E-state index < -0.39 is 0 Å². The molecule has 0 heterocycles. The van der Waals surface area contributed by atoms with Crippen molar-refractivity contribution in [3.05, 3.63) is 18.6 Å². The smallest absolute Gasteiger partial charge is 0.0471 e. The molecule has 0 rings (SSSR count). The van der Waals surface area contributed by atoms with Gasteiger partial charge in [0.15, 0.2) is 0 Å². The largest absolute Gasteiger partial charge is 0.328 e. The molecule has 0 spiro atoms. The molecule has 0 fully saturated rings. The minimum atomic E-state index is 1.11. The molecule has 0 radical (unpaired) electrons. The van der Waals surface area contributed by atoms with E-state index in [1.807, 2.05) is 6.92 Å². The second-order valence-corrected chi connectivity index (χ2v) is 1.21. The molecule has 0 aromatic carbocycles. The van der Waals surface area contributed by atoms with Crippen LogP contribution in [0.2, 0.25) is 0 Å². The van der Waals surface area contributed by atoms with Gasteiger partial charge in [-0.3, -0.25) is 0 Å². The molecule has 0 atom stereocenters. The zero-order valence-corrected chi connectivity index (χ0v) is 4.44. The predicted octanol–water partition coefficient (Wildman–Crippen LogP) is 2.18. The lowest BCUT2D eigenvalue weighted by molar-refractivity contribution is 1.21. The van der Waals surface area contributed by atoms with Gasteiger partial charge in [0.1, 0.15) is 0 Å². The molecule has 0 N–H and O–H groups in total. The van der Waals surface area contributed by atoms with Gasteiger partial charge in [-0.1, -0.05) is 6.08 Å². The SMILES string of the molecule is C/C=C\C[CH-]C.